The summed E-state index contributed by atoms with van der Waals surface area (Å²) in [6.45, 7) is 5.91. The molecule has 2 heterocycles. The summed E-state index contributed by atoms with van der Waals surface area (Å²) in [5.41, 5.74) is 1.25. The summed E-state index contributed by atoms with van der Waals surface area (Å²) in [6.07, 6.45) is 4.22. The van der Waals surface area contributed by atoms with Crippen LogP contribution in [0.4, 0.5) is 4.79 Å². The Hall–Kier alpha value is -1.82. The van der Waals surface area contributed by atoms with Gasteiger partial charge in [-0.2, -0.15) is 0 Å². The van der Waals surface area contributed by atoms with Gasteiger partial charge < -0.3 is 14.8 Å². The highest BCUT2D eigenvalue weighted by atomic mass is 16.2. The second-order valence-corrected chi connectivity index (χ2v) is 6.48. The molecule has 1 aliphatic heterocycles. The highest BCUT2D eigenvalue weighted by Gasteiger charge is 2.33. The van der Waals surface area contributed by atoms with Gasteiger partial charge in [0, 0.05) is 32.6 Å². The summed E-state index contributed by atoms with van der Waals surface area (Å²) in [6, 6.07) is 4.09. The van der Waals surface area contributed by atoms with Crippen LogP contribution < -0.4 is 15.5 Å². The second kappa shape index (κ2) is 7.45. The number of quaternary nitrogens is 1. The Balaban J connectivity index is 1.85. The molecule has 6 nitrogen and oxygen atoms in total. The van der Waals surface area contributed by atoms with Gasteiger partial charge in [0.15, 0.2) is 6.54 Å². The van der Waals surface area contributed by atoms with Crippen LogP contribution in [0.3, 0.4) is 0 Å². The van der Waals surface area contributed by atoms with Crippen molar-refractivity contribution in [2.45, 2.75) is 32.7 Å². The van der Waals surface area contributed by atoms with Crippen molar-refractivity contribution in [2.24, 2.45) is 13.0 Å². The first-order valence-electron chi connectivity index (χ1n) is 8.01. The van der Waals surface area contributed by atoms with E-state index in [1.807, 2.05) is 33.2 Å². The van der Waals surface area contributed by atoms with Crippen molar-refractivity contribution in [1.82, 2.24) is 15.2 Å². The minimum absolute atomic E-state index is 0.211. The topological polar surface area (TPSA) is 67.6 Å². The summed E-state index contributed by atoms with van der Waals surface area (Å²) in [5, 5.41) is 5.13. The first-order valence-corrected chi connectivity index (χ1v) is 8.01. The molecule has 3 N–H and O–H groups in total. The van der Waals surface area contributed by atoms with E-state index in [4.69, 9.17) is 0 Å². The fourth-order valence-corrected chi connectivity index (χ4v) is 3.03. The maximum Gasteiger partial charge on any atom is 0.321 e. The molecule has 0 saturated carbocycles. The lowest BCUT2D eigenvalue weighted by Gasteiger charge is -2.21. The highest BCUT2D eigenvalue weighted by Crippen LogP contribution is 2.18. The Kier molecular flexibility index (Phi) is 5.60. The smallest absolute Gasteiger partial charge is 0.321 e. The molecular formula is C16H27N4O2+. The molecule has 1 unspecified atom stereocenters. The molecule has 22 heavy (non-hydrogen) atoms. The molecule has 6 heteroatoms. The van der Waals surface area contributed by atoms with E-state index in [9.17, 15) is 9.59 Å². The number of urea groups is 1. The maximum atomic E-state index is 12.1. The molecule has 3 amide bonds. The van der Waals surface area contributed by atoms with Crippen LogP contribution in [0.25, 0.3) is 0 Å². The van der Waals surface area contributed by atoms with Crippen LogP contribution in [0.1, 0.15) is 38.4 Å². The minimum Gasteiger partial charge on any atom is -0.350 e. The quantitative estimate of drug-likeness (QED) is 0.729. The Bertz CT molecular complexity index is 524. The molecule has 0 aromatic carbocycles. The van der Waals surface area contributed by atoms with Gasteiger partial charge in [-0.05, 0) is 18.1 Å². The predicted octanol–water partition coefficient (Wildman–Crippen LogP) is 0.227. The first-order chi connectivity index (χ1) is 10.5. The lowest BCUT2D eigenvalue weighted by Crippen LogP contribution is -3.11. The first kappa shape index (κ1) is 16.5. The number of nitrogens with one attached hydrogen (secondary N) is 3. The predicted molar refractivity (Wildman–Crippen MR) is 84.5 cm³/mol. The van der Waals surface area contributed by atoms with Crippen molar-refractivity contribution in [1.29, 1.82) is 0 Å². The monoisotopic (exact) mass is 307 g/mol. The standard InChI is InChI=1S/C16H26N4O2/c1-12(2)10-17-16(22)18-15(21)11-20-9-5-7-14(20)13-6-4-8-19(13)3/h4,6,8,12,14H,5,7,9-11H2,1-3H3,(H2,17,18,21,22)/p+1/t14-/m1/s1. The summed E-state index contributed by atoms with van der Waals surface area (Å²) in [7, 11) is 2.03. The van der Waals surface area contributed by atoms with Crippen molar-refractivity contribution in [3.8, 4) is 0 Å². The van der Waals surface area contributed by atoms with Gasteiger partial charge in [0.2, 0.25) is 0 Å². The average Bonchev–Trinajstić information content (AvgIpc) is 3.05. The number of amides is 3. The number of nitrogens with zero attached hydrogens (tertiary/aromatic N) is 1. The molecule has 2 rings (SSSR count). The van der Waals surface area contributed by atoms with Crippen molar-refractivity contribution in [3.63, 3.8) is 0 Å². The van der Waals surface area contributed by atoms with Crippen molar-refractivity contribution < 1.29 is 14.5 Å². The zero-order chi connectivity index (χ0) is 16.1. The zero-order valence-corrected chi connectivity index (χ0v) is 13.7. The number of rotatable bonds is 5. The van der Waals surface area contributed by atoms with E-state index in [0.29, 0.717) is 25.0 Å². The fraction of sp³-hybridized carbons (Fsp3) is 0.625. The number of carbonyl (C=O) groups excluding carboxylic acids is 2. The summed E-state index contributed by atoms with van der Waals surface area (Å²) >= 11 is 0. The van der Waals surface area contributed by atoms with E-state index in [2.05, 4.69) is 21.3 Å². The van der Waals surface area contributed by atoms with Gasteiger partial charge in [0.25, 0.3) is 5.91 Å². The SMILES string of the molecule is CC(C)CNC(=O)NC(=O)C[NH+]1CCC[C@@H]1c1cccn1C. The molecule has 1 saturated heterocycles. The Morgan fingerprint density at radius 3 is 2.86 bits per heavy atom. The number of carbonyl (C=O) groups is 2. The minimum atomic E-state index is -0.396. The third-order valence-corrected chi connectivity index (χ3v) is 4.14. The Morgan fingerprint density at radius 2 is 2.23 bits per heavy atom. The third-order valence-electron chi connectivity index (χ3n) is 4.14. The molecule has 0 bridgehead atoms. The average molecular weight is 307 g/mol. The van der Waals surface area contributed by atoms with E-state index in [1.54, 1.807) is 0 Å². The molecule has 0 aliphatic carbocycles. The van der Waals surface area contributed by atoms with Gasteiger partial charge in [-0.25, -0.2) is 4.79 Å². The Labute approximate surface area is 131 Å². The zero-order valence-electron chi connectivity index (χ0n) is 13.7. The lowest BCUT2D eigenvalue weighted by atomic mass is 10.1. The van der Waals surface area contributed by atoms with E-state index < -0.39 is 6.03 Å². The second-order valence-electron chi connectivity index (χ2n) is 6.48. The van der Waals surface area contributed by atoms with Gasteiger partial charge >= 0.3 is 6.03 Å². The summed E-state index contributed by atoms with van der Waals surface area (Å²) < 4.78 is 2.11. The van der Waals surface area contributed by atoms with E-state index >= 15 is 0 Å². The maximum absolute atomic E-state index is 12.1. The number of likely N-dealkylation sites (tertiary alicyclic amines) is 1. The molecule has 1 fully saturated rings. The molecule has 1 aliphatic rings. The molecular weight excluding hydrogens is 280 g/mol. The van der Waals surface area contributed by atoms with Crippen LogP contribution in [0.2, 0.25) is 0 Å². The van der Waals surface area contributed by atoms with Gasteiger partial charge in [0.1, 0.15) is 6.04 Å². The number of aryl methyl sites for hydroxylation is 1. The van der Waals surface area contributed by atoms with Crippen LogP contribution >= 0.6 is 0 Å². The van der Waals surface area contributed by atoms with Crippen LogP contribution in [0, 0.1) is 5.92 Å². The van der Waals surface area contributed by atoms with E-state index in [-0.39, 0.29) is 5.91 Å². The van der Waals surface area contributed by atoms with Crippen molar-refractivity contribution in [2.75, 3.05) is 19.6 Å². The largest absolute Gasteiger partial charge is 0.350 e. The van der Waals surface area contributed by atoms with Crippen LogP contribution in [0.15, 0.2) is 18.3 Å². The molecule has 0 spiro atoms. The molecule has 0 radical (unpaired) electrons. The summed E-state index contributed by atoms with van der Waals surface area (Å²) in [5.74, 6) is 0.157. The third kappa shape index (κ3) is 4.34. The molecule has 122 valence electrons. The van der Waals surface area contributed by atoms with Crippen molar-refractivity contribution in [3.05, 3.63) is 24.0 Å². The summed E-state index contributed by atoms with van der Waals surface area (Å²) in [4.78, 5) is 24.9. The fourth-order valence-electron chi connectivity index (χ4n) is 3.03. The van der Waals surface area contributed by atoms with Crippen molar-refractivity contribution >= 4 is 11.9 Å². The van der Waals surface area contributed by atoms with Gasteiger partial charge in [-0.15, -0.1) is 0 Å². The number of aromatic nitrogens is 1. The van der Waals surface area contributed by atoms with Crippen LogP contribution in [-0.2, 0) is 11.8 Å². The molecule has 1 aromatic rings. The van der Waals surface area contributed by atoms with Crippen LogP contribution in [0.5, 0.6) is 0 Å². The highest BCUT2D eigenvalue weighted by molar-refractivity contribution is 5.94. The lowest BCUT2D eigenvalue weighted by molar-refractivity contribution is -0.911. The van der Waals surface area contributed by atoms with Gasteiger partial charge in [0.05, 0.1) is 12.2 Å². The normalized spacial score (nSPS) is 21.1. The van der Waals surface area contributed by atoms with Gasteiger partial charge in [-0.1, -0.05) is 13.8 Å². The number of hydrogen-bond donors (Lipinski definition) is 3. The van der Waals surface area contributed by atoms with E-state index in [1.165, 1.54) is 10.6 Å². The number of imide groups is 1. The van der Waals surface area contributed by atoms with Gasteiger partial charge in [-0.3, -0.25) is 10.1 Å². The number of hydrogen-bond acceptors (Lipinski definition) is 2. The van der Waals surface area contributed by atoms with Crippen LogP contribution in [-0.4, -0.2) is 36.1 Å². The Morgan fingerprint density at radius 1 is 1.45 bits per heavy atom. The molecule has 2 atom stereocenters. The molecule has 1 aromatic heterocycles. The van der Waals surface area contributed by atoms with E-state index in [0.717, 1.165) is 19.4 Å².